The molecule has 2 rings (SSSR count). The fourth-order valence-electron chi connectivity index (χ4n) is 2.71. The molecule has 0 bridgehead atoms. The van der Waals surface area contributed by atoms with E-state index in [1.165, 1.54) is 12.1 Å². The van der Waals surface area contributed by atoms with Gasteiger partial charge in [-0.2, -0.15) is 13.2 Å². The molecule has 0 aliphatic rings. The molecule has 0 heterocycles. The average molecular weight is 453 g/mol. The van der Waals surface area contributed by atoms with Crippen LogP contribution >= 0.6 is 0 Å². The maximum atomic E-state index is 12.9. The molecule has 2 atom stereocenters. The number of hydrogen-bond donors (Lipinski definition) is 4. The van der Waals surface area contributed by atoms with Crippen LogP contribution in [0, 0.1) is 0 Å². The van der Waals surface area contributed by atoms with E-state index in [-0.39, 0.29) is 18.6 Å². The first kappa shape index (κ1) is 24.7. The van der Waals surface area contributed by atoms with Gasteiger partial charge in [0.15, 0.2) is 0 Å². The predicted molar refractivity (Wildman–Crippen MR) is 107 cm³/mol. The lowest BCUT2D eigenvalue weighted by Gasteiger charge is -2.21. The number of aliphatic hydroxyl groups is 1. The van der Waals surface area contributed by atoms with Gasteiger partial charge < -0.3 is 26.2 Å². The van der Waals surface area contributed by atoms with Crippen molar-refractivity contribution in [1.29, 1.82) is 0 Å². The zero-order valence-electron chi connectivity index (χ0n) is 16.8. The Bertz CT molecular complexity index is 938. The summed E-state index contributed by atoms with van der Waals surface area (Å²) in [6.45, 7) is -0.896. The predicted octanol–water partition coefficient (Wildman–Crippen LogP) is 1.51. The number of carbonyl (C=O) groups is 3. The Balaban J connectivity index is 1.98. The van der Waals surface area contributed by atoms with Gasteiger partial charge >= 0.3 is 12.3 Å². The number of hydrogen-bond acceptors (Lipinski definition) is 5. The molecule has 0 aliphatic carbocycles. The van der Waals surface area contributed by atoms with Crippen LogP contribution in [0.15, 0.2) is 54.6 Å². The molecule has 32 heavy (non-hydrogen) atoms. The van der Waals surface area contributed by atoms with E-state index >= 15 is 0 Å². The van der Waals surface area contributed by atoms with E-state index in [9.17, 15) is 32.7 Å². The molecule has 0 saturated carbocycles. The molecule has 3 amide bonds. The van der Waals surface area contributed by atoms with Crippen molar-refractivity contribution in [1.82, 2.24) is 10.6 Å². The van der Waals surface area contributed by atoms with Crippen LogP contribution in [0.5, 0.6) is 0 Å². The number of aliphatic hydroxyl groups excluding tert-OH is 1. The van der Waals surface area contributed by atoms with Gasteiger partial charge in [0.1, 0.15) is 18.7 Å². The number of alkyl halides is 3. The van der Waals surface area contributed by atoms with E-state index in [0.717, 1.165) is 12.1 Å². The minimum Gasteiger partial charge on any atom is -0.445 e. The monoisotopic (exact) mass is 453 g/mol. The van der Waals surface area contributed by atoms with Gasteiger partial charge in [-0.3, -0.25) is 9.59 Å². The Morgan fingerprint density at radius 3 is 2.22 bits per heavy atom. The first-order valence-electron chi connectivity index (χ1n) is 9.44. The van der Waals surface area contributed by atoms with Crippen LogP contribution < -0.4 is 16.4 Å². The summed E-state index contributed by atoms with van der Waals surface area (Å²) < 4.78 is 43.6. The molecule has 0 spiro atoms. The minimum atomic E-state index is -4.58. The van der Waals surface area contributed by atoms with Crippen molar-refractivity contribution < 1.29 is 37.4 Å². The number of amides is 3. The summed E-state index contributed by atoms with van der Waals surface area (Å²) in [6.07, 6.45) is -5.88. The number of rotatable bonds is 9. The average Bonchev–Trinajstić information content (AvgIpc) is 2.75. The molecule has 11 heteroatoms. The second-order valence-electron chi connectivity index (χ2n) is 6.81. The highest BCUT2D eigenvalue weighted by Crippen LogP contribution is 2.29. The zero-order valence-corrected chi connectivity index (χ0v) is 16.8. The molecule has 2 aromatic carbocycles. The fourth-order valence-corrected chi connectivity index (χ4v) is 2.71. The van der Waals surface area contributed by atoms with Gasteiger partial charge in [0.2, 0.25) is 11.8 Å². The van der Waals surface area contributed by atoms with Gasteiger partial charge in [-0.15, -0.1) is 0 Å². The van der Waals surface area contributed by atoms with Gasteiger partial charge in [0.05, 0.1) is 12.2 Å². The van der Waals surface area contributed by atoms with Crippen LogP contribution in [0.1, 0.15) is 16.7 Å². The van der Waals surface area contributed by atoms with Gasteiger partial charge in [0.25, 0.3) is 0 Å². The van der Waals surface area contributed by atoms with Gasteiger partial charge in [-0.25, -0.2) is 4.79 Å². The first-order valence-corrected chi connectivity index (χ1v) is 9.44. The summed E-state index contributed by atoms with van der Waals surface area (Å²) in [5.41, 5.74) is 5.15. The number of carbonyl (C=O) groups excluding carboxylic acids is 3. The maximum absolute atomic E-state index is 12.9. The van der Waals surface area contributed by atoms with E-state index in [0.29, 0.717) is 5.56 Å². The number of halogens is 3. The molecule has 0 saturated heterocycles. The number of ether oxygens (including phenoxy) is 1. The molecule has 172 valence electrons. The molecule has 0 fully saturated rings. The van der Waals surface area contributed by atoms with E-state index < -0.39 is 48.3 Å². The second-order valence-corrected chi connectivity index (χ2v) is 6.81. The number of nitrogens with two attached hydrogens (primary N) is 1. The van der Waals surface area contributed by atoms with E-state index in [4.69, 9.17) is 10.5 Å². The third-order valence-electron chi connectivity index (χ3n) is 4.36. The lowest BCUT2D eigenvalue weighted by molar-refractivity contribution is -0.137. The topological polar surface area (TPSA) is 131 Å². The van der Waals surface area contributed by atoms with Crippen LogP contribution in [-0.4, -0.2) is 41.7 Å². The minimum absolute atomic E-state index is 0.0775. The third kappa shape index (κ3) is 7.58. The number of nitrogens with one attached hydrogen (secondary N) is 2. The van der Waals surface area contributed by atoms with Crippen LogP contribution in [0.25, 0.3) is 0 Å². The standard InChI is InChI=1S/C21H22F3N3O5/c22-21(23,24)15-8-4-7-14(9-15)10-16(18(25)29)26-19(30)17(11-28)27-20(31)32-12-13-5-2-1-3-6-13/h1-9,16-17,28H,10-12H2,(H2,25,29)(H,26,30)(H,27,31)/t16-,17+/m1/s1. The van der Waals surface area contributed by atoms with Crippen LogP contribution in [0.2, 0.25) is 0 Å². The molecule has 0 radical (unpaired) electrons. The SMILES string of the molecule is NC(=O)[C@@H](Cc1cccc(C(F)(F)F)c1)NC(=O)[C@H](CO)NC(=O)OCc1ccccc1. The van der Waals surface area contributed by atoms with Crippen molar-refractivity contribution in [3.05, 3.63) is 71.3 Å². The summed E-state index contributed by atoms with van der Waals surface area (Å²) in [5.74, 6) is -1.96. The Kier molecular flexibility index (Phi) is 8.59. The Morgan fingerprint density at radius 1 is 0.969 bits per heavy atom. The van der Waals surface area contributed by atoms with E-state index in [2.05, 4.69) is 10.6 Å². The summed E-state index contributed by atoms with van der Waals surface area (Å²) in [6, 6.07) is 10.1. The van der Waals surface area contributed by atoms with Crippen molar-refractivity contribution in [2.75, 3.05) is 6.61 Å². The smallest absolute Gasteiger partial charge is 0.416 e. The second kappa shape index (κ2) is 11.1. The van der Waals surface area contributed by atoms with Crippen molar-refractivity contribution in [3.8, 4) is 0 Å². The zero-order chi connectivity index (χ0) is 23.7. The van der Waals surface area contributed by atoms with Crippen molar-refractivity contribution in [3.63, 3.8) is 0 Å². The highest BCUT2D eigenvalue weighted by atomic mass is 19.4. The van der Waals surface area contributed by atoms with Gasteiger partial charge in [-0.05, 0) is 17.2 Å². The van der Waals surface area contributed by atoms with Crippen molar-refractivity contribution in [2.45, 2.75) is 31.3 Å². The largest absolute Gasteiger partial charge is 0.445 e. The van der Waals surface area contributed by atoms with Crippen LogP contribution in [0.3, 0.4) is 0 Å². The summed E-state index contributed by atoms with van der Waals surface area (Å²) in [5, 5.41) is 13.8. The quantitative estimate of drug-likeness (QED) is 0.457. The number of alkyl carbamates (subject to hydrolysis) is 1. The number of primary amides is 1. The van der Waals surface area contributed by atoms with Crippen LogP contribution in [0.4, 0.5) is 18.0 Å². The summed E-state index contributed by atoms with van der Waals surface area (Å²) >= 11 is 0. The fraction of sp³-hybridized carbons (Fsp3) is 0.286. The molecule has 0 aliphatic heterocycles. The third-order valence-corrected chi connectivity index (χ3v) is 4.36. The van der Waals surface area contributed by atoms with Gasteiger partial charge in [0, 0.05) is 6.42 Å². The first-order chi connectivity index (χ1) is 15.1. The Labute approximate surface area is 181 Å². The van der Waals surface area contributed by atoms with Gasteiger partial charge in [-0.1, -0.05) is 48.5 Å². The van der Waals surface area contributed by atoms with Crippen molar-refractivity contribution >= 4 is 17.9 Å². The van der Waals surface area contributed by atoms with E-state index in [1.807, 2.05) is 0 Å². The highest BCUT2D eigenvalue weighted by Gasteiger charge is 2.31. The molecule has 8 nitrogen and oxygen atoms in total. The molecule has 2 aromatic rings. The maximum Gasteiger partial charge on any atom is 0.416 e. The lowest BCUT2D eigenvalue weighted by atomic mass is 10.0. The Hall–Kier alpha value is -3.60. The molecular weight excluding hydrogens is 431 g/mol. The number of benzene rings is 2. The highest BCUT2D eigenvalue weighted by molar-refractivity contribution is 5.91. The Morgan fingerprint density at radius 2 is 1.62 bits per heavy atom. The van der Waals surface area contributed by atoms with Crippen molar-refractivity contribution in [2.24, 2.45) is 5.73 Å². The van der Waals surface area contributed by atoms with E-state index in [1.54, 1.807) is 30.3 Å². The molecule has 0 unspecified atom stereocenters. The molecule has 0 aromatic heterocycles. The molecular formula is C21H22F3N3O5. The summed E-state index contributed by atoms with van der Waals surface area (Å²) in [4.78, 5) is 36.0. The lowest BCUT2D eigenvalue weighted by Crippen LogP contribution is -2.54. The van der Waals surface area contributed by atoms with Crippen LogP contribution in [-0.2, 0) is 33.5 Å². The molecule has 5 N–H and O–H groups in total. The normalized spacial score (nSPS) is 13.0. The summed E-state index contributed by atoms with van der Waals surface area (Å²) in [7, 11) is 0.